The molecule has 3 rings (SSSR count). The van der Waals surface area contributed by atoms with Gasteiger partial charge in [0, 0.05) is 17.5 Å². The number of thiazole rings is 1. The first kappa shape index (κ1) is 15.6. The first-order valence-corrected chi connectivity index (χ1v) is 8.39. The van der Waals surface area contributed by atoms with E-state index in [9.17, 15) is 0 Å². The monoisotopic (exact) mass is 329 g/mol. The summed E-state index contributed by atoms with van der Waals surface area (Å²) >= 11 is 1.68. The minimum Gasteiger partial charge on any atom is -0.487 e. The van der Waals surface area contributed by atoms with E-state index in [1.54, 1.807) is 16.0 Å². The van der Waals surface area contributed by atoms with Crippen molar-refractivity contribution in [3.63, 3.8) is 0 Å². The van der Waals surface area contributed by atoms with E-state index < -0.39 is 0 Å². The van der Waals surface area contributed by atoms with E-state index in [2.05, 4.69) is 27.6 Å². The molecule has 23 heavy (non-hydrogen) atoms. The van der Waals surface area contributed by atoms with Gasteiger partial charge in [-0.2, -0.15) is 0 Å². The molecule has 2 N–H and O–H groups in total. The Balaban J connectivity index is 1.61. The summed E-state index contributed by atoms with van der Waals surface area (Å²) in [6.45, 7) is 3.55. The molecule has 0 saturated heterocycles. The van der Waals surface area contributed by atoms with Crippen LogP contribution < -0.4 is 10.5 Å². The lowest BCUT2D eigenvalue weighted by molar-refractivity contribution is 0.298. The van der Waals surface area contributed by atoms with Crippen LogP contribution in [0.3, 0.4) is 0 Å². The van der Waals surface area contributed by atoms with E-state index in [1.807, 2.05) is 30.5 Å². The van der Waals surface area contributed by atoms with E-state index in [0.29, 0.717) is 19.7 Å². The second-order valence-electron chi connectivity index (χ2n) is 5.09. The van der Waals surface area contributed by atoms with Crippen LogP contribution in [0.2, 0.25) is 0 Å². The average molecular weight is 329 g/mol. The van der Waals surface area contributed by atoms with Crippen molar-refractivity contribution in [2.45, 2.75) is 33.0 Å². The van der Waals surface area contributed by atoms with Crippen molar-refractivity contribution in [3.8, 4) is 5.75 Å². The summed E-state index contributed by atoms with van der Waals surface area (Å²) in [7, 11) is 0. The Kier molecular flexibility index (Phi) is 4.99. The van der Waals surface area contributed by atoms with Gasteiger partial charge >= 0.3 is 0 Å². The highest BCUT2D eigenvalue weighted by atomic mass is 32.1. The first-order valence-electron chi connectivity index (χ1n) is 7.51. The fraction of sp³-hybridized carbons (Fsp3) is 0.312. The molecule has 0 amide bonds. The quantitative estimate of drug-likeness (QED) is 0.720. The molecule has 0 aliphatic carbocycles. The van der Waals surface area contributed by atoms with Gasteiger partial charge in [0.1, 0.15) is 18.1 Å². The van der Waals surface area contributed by atoms with E-state index in [-0.39, 0.29) is 0 Å². The van der Waals surface area contributed by atoms with Gasteiger partial charge in [-0.3, -0.25) is 0 Å². The van der Waals surface area contributed by atoms with Gasteiger partial charge in [-0.15, -0.1) is 16.4 Å². The van der Waals surface area contributed by atoms with Crippen molar-refractivity contribution in [2.75, 3.05) is 0 Å². The zero-order chi connectivity index (χ0) is 16.1. The number of aromatic nitrogens is 4. The predicted octanol–water partition coefficient (Wildman–Crippen LogP) is 2.38. The number of rotatable bonds is 7. The molecular formula is C16H19N5OS. The van der Waals surface area contributed by atoms with Gasteiger partial charge < -0.3 is 10.5 Å². The summed E-state index contributed by atoms with van der Waals surface area (Å²) in [4.78, 5) is 4.53. The Labute approximate surface area is 138 Å². The molecule has 2 heterocycles. The second kappa shape index (κ2) is 7.34. The molecule has 0 fully saturated rings. The Morgan fingerprint density at radius 2 is 2.13 bits per heavy atom. The Bertz CT molecular complexity index is 767. The van der Waals surface area contributed by atoms with Crippen molar-refractivity contribution in [1.29, 1.82) is 0 Å². The summed E-state index contributed by atoms with van der Waals surface area (Å²) in [6, 6.07) is 7.75. The van der Waals surface area contributed by atoms with Crippen molar-refractivity contribution in [2.24, 2.45) is 5.73 Å². The van der Waals surface area contributed by atoms with Crippen LogP contribution in [0.25, 0.3) is 0 Å². The number of para-hydroxylation sites is 1. The van der Waals surface area contributed by atoms with Crippen molar-refractivity contribution >= 4 is 11.3 Å². The maximum Gasteiger partial charge on any atom is 0.134 e. The molecular weight excluding hydrogens is 310 g/mol. The Morgan fingerprint density at radius 3 is 2.91 bits per heavy atom. The Morgan fingerprint density at radius 1 is 1.26 bits per heavy atom. The molecule has 3 aromatic rings. The third kappa shape index (κ3) is 3.94. The minimum absolute atomic E-state index is 0.369. The maximum absolute atomic E-state index is 5.79. The van der Waals surface area contributed by atoms with Crippen LogP contribution in [0.4, 0.5) is 0 Å². The maximum atomic E-state index is 5.79. The lowest BCUT2D eigenvalue weighted by atomic mass is 10.2. The van der Waals surface area contributed by atoms with Gasteiger partial charge in [0.2, 0.25) is 0 Å². The molecule has 7 heteroatoms. The van der Waals surface area contributed by atoms with Crippen LogP contribution in [0.15, 0.2) is 35.8 Å². The molecule has 6 nitrogen and oxygen atoms in total. The molecule has 0 bridgehead atoms. The molecule has 0 radical (unpaired) electrons. The SMILES string of the molecule is CCc1nc(Cn2cc(COc3ccccc3CN)nn2)cs1. The summed E-state index contributed by atoms with van der Waals surface area (Å²) < 4.78 is 7.57. The molecule has 0 atom stereocenters. The molecule has 0 unspecified atom stereocenters. The summed E-state index contributed by atoms with van der Waals surface area (Å²) in [5.74, 6) is 0.789. The van der Waals surface area contributed by atoms with Gasteiger partial charge in [0.25, 0.3) is 0 Å². The third-order valence-corrected chi connectivity index (χ3v) is 4.42. The van der Waals surface area contributed by atoms with Crippen LogP contribution in [0, 0.1) is 0 Å². The van der Waals surface area contributed by atoms with Gasteiger partial charge in [-0.05, 0) is 12.5 Å². The first-order chi connectivity index (χ1) is 11.3. The number of aryl methyl sites for hydroxylation is 1. The van der Waals surface area contributed by atoms with E-state index in [1.165, 1.54) is 0 Å². The number of nitrogens with zero attached hydrogens (tertiary/aromatic N) is 4. The second-order valence-corrected chi connectivity index (χ2v) is 6.04. The van der Waals surface area contributed by atoms with Gasteiger partial charge in [0.15, 0.2) is 0 Å². The number of hydrogen-bond acceptors (Lipinski definition) is 6. The van der Waals surface area contributed by atoms with Crippen molar-refractivity contribution in [1.82, 2.24) is 20.0 Å². The summed E-state index contributed by atoms with van der Waals surface area (Å²) in [5, 5.41) is 11.5. The average Bonchev–Trinajstić information content (AvgIpc) is 3.23. The zero-order valence-corrected chi connectivity index (χ0v) is 13.8. The highest BCUT2D eigenvalue weighted by molar-refractivity contribution is 7.09. The van der Waals surface area contributed by atoms with Crippen LogP contribution in [0.1, 0.15) is 28.9 Å². The van der Waals surface area contributed by atoms with Crippen LogP contribution in [0.5, 0.6) is 5.75 Å². The normalized spacial score (nSPS) is 10.9. The lowest BCUT2D eigenvalue weighted by Crippen LogP contribution is -2.03. The molecule has 0 aliphatic rings. The fourth-order valence-corrected chi connectivity index (χ4v) is 2.93. The fourth-order valence-electron chi connectivity index (χ4n) is 2.20. The molecule has 0 spiro atoms. The molecule has 0 aliphatic heterocycles. The standard InChI is InChI=1S/C16H19N5OS/c1-2-16-18-14(11-23-16)9-21-8-13(19-20-21)10-22-15-6-4-3-5-12(15)7-17/h3-6,8,11H,2,7,9-10,17H2,1H3. The lowest BCUT2D eigenvalue weighted by Gasteiger charge is -2.08. The topological polar surface area (TPSA) is 78.9 Å². The van der Waals surface area contributed by atoms with Crippen molar-refractivity contribution in [3.05, 3.63) is 57.8 Å². The highest BCUT2D eigenvalue weighted by Crippen LogP contribution is 2.18. The largest absolute Gasteiger partial charge is 0.487 e. The van der Waals surface area contributed by atoms with Gasteiger partial charge in [-0.25, -0.2) is 9.67 Å². The van der Waals surface area contributed by atoms with Crippen molar-refractivity contribution < 1.29 is 4.74 Å². The highest BCUT2D eigenvalue weighted by Gasteiger charge is 2.07. The summed E-state index contributed by atoms with van der Waals surface area (Å²) in [5.41, 5.74) is 8.48. The molecule has 120 valence electrons. The molecule has 0 saturated carbocycles. The van der Waals surface area contributed by atoms with Gasteiger partial charge in [-0.1, -0.05) is 30.3 Å². The number of ether oxygens (including phenoxy) is 1. The van der Waals surface area contributed by atoms with Crippen LogP contribution >= 0.6 is 11.3 Å². The summed E-state index contributed by atoms with van der Waals surface area (Å²) in [6.07, 6.45) is 2.84. The van der Waals surface area contributed by atoms with E-state index in [4.69, 9.17) is 10.5 Å². The Hall–Kier alpha value is -2.25. The third-order valence-electron chi connectivity index (χ3n) is 3.38. The smallest absolute Gasteiger partial charge is 0.134 e. The predicted molar refractivity (Wildman–Crippen MR) is 89.3 cm³/mol. The zero-order valence-electron chi connectivity index (χ0n) is 13.0. The molecule has 2 aromatic heterocycles. The van der Waals surface area contributed by atoms with Crippen LogP contribution in [-0.4, -0.2) is 20.0 Å². The van der Waals surface area contributed by atoms with Gasteiger partial charge in [0.05, 0.1) is 23.4 Å². The molecule has 1 aromatic carbocycles. The number of nitrogens with two attached hydrogens (primary N) is 1. The number of hydrogen-bond donors (Lipinski definition) is 1. The minimum atomic E-state index is 0.369. The van der Waals surface area contributed by atoms with Crippen LogP contribution in [-0.2, 0) is 26.1 Å². The van der Waals surface area contributed by atoms with E-state index in [0.717, 1.165) is 34.1 Å². The van der Waals surface area contributed by atoms with E-state index >= 15 is 0 Å². The number of benzene rings is 1.